The quantitative estimate of drug-likeness (QED) is 0.334. The molecular weight excluding hydrogens is 360 g/mol. The fraction of sp³-hybridized carbons (Fsp3) is 0.111. The number of hydrogen-bond donors (Lipinski definition) is 0. The summed E-state index contributed by atoms with van der Waals surface area (Å²) in [6.07, 6.45) is 2.43. The lowest BCUT2D eigenvalue weighted by atomic mass is 10.2. The Hall–Kier alpha value is -3.19. The molecule has 2 aromatic carbocycles. The molecule has 0 saturated heterocycles. The van der Waals surface area contributed by atoms with Gasteiger partial charge in [-0.3, -0.25) is 14.9 Å². The average Bonchev–Trinajstić information content (AvgIpc) is 2.65. The van der Waals surface area contributed by atoms with Crippen molar-refractivity contribution in [1.29, 1.82) is 0 Å². The number of carbonyl (C=O) groups is 2. The van der Waals surface area contributed by atoms with E-state index in [1.165, 1.54) is 29.2 Å². The predicted octanol–water partition coefficient (Wildman–Crippen LogP) is 3.47. The maximum absolute atomic E-state index is 12.0. The van der Waals surface area contributed by atoms with Crippen molar-refractivity contribution < 1.29 is 19.2 Å². The van der Waals surface area contributed by atoms with Gasteiger partial charge in [-0.15, -0.1) is 0 Å². The number of hydrogen-bond acceptors (Lipinski definition) is 5. The van der Waals surface area contributed by atoms with Crippen LogP contribution in [0.25, 0.3) is 6.08 Å². The minimum Gasteiger partial charge on any atom is -0.452 e. The minimum atomic E-state index is -0.739. The summed E-state index contributed by atoms with van der Waals surface area (Å²) in [6.45, 7) is -0.421. The molecule has 0 atom stereocenters. The first kappa shape index (κ1) is 19.1. The van der Waals surface area contributed by atoms with Gasteiger partial charge < -0.3 is 9.64 Å². The number of likely N-dealkylation sites (N-methyl/N-ethyl adjacent to an activating group) is 1. The monoisotopic (exact) mass is 374 g/mol. The zero-order valence-electron chi connectivity index (χ0n) is 13.8. The summed E-state index contributed by atoms with van der Waals surface area (Å²) in [5.74, 6) is -1.13. The topological polar surface area (TPSA) is 89.8 Å². The first-order valence-corrected chi connectivity index (χ1v) is 7.86. The van der Waals surface area contributed by atoms with Gasteiger partial charge in [0.1, 0.15) is 5.02 Å². The largest absolute Gasteiger partial charge is 0.452 e. The number of nitro groups is 1. The Morgan fingerprint density at radius 3 is 2.58 bits per heavy atom. The summed E-state index contributed by atoms with van der Waals surface area (Å²) in [5.41, 5.74) is 0.824. The second-order valence-electron chi connectivity index (χ2n) is 5.20. The lowest BCUT2D eigenvalue weighted by Gasteiger charge is -2.16. The van der Waals surface area contributed by atoms with E-state index in [9.17, 15) is 19.7 Å². The molecule has 0 N–H and O–H groups in total. The number of carbonyl (C=O) groups excluding carboxylic acids is 2. The summed E-state index contributed by atoms with van der Waals surface area (Å²) in [4.78, 5) is 35.3. The number of nitrogens with zero attached hydrogens (tertiary/aromatic N) is 2. The van der Waals surface area contributed by atoms with Crippen LogP contribution in [-0.4, -0.2) is 30.5 Å². The molecule has 0 aliphatic heterocycles. The van der Waals surface area contributed by atoms with Gasteiger partial charge in [0.2, 0.25) is 0 Å². The third-order valence-corrected chi connectivity index (χ3v) is 3.75. The van der Waals surface area contributed by atoms with Gasteiger partial charge in [0.05, 0.1) is 4.92 Å². The molecule has 0 aromatic heterocycles. The van der Waals surface area contributed by atoms with Gasteiger partial charge in [-0.1, -0.05) is 35.9 Å². The fourth-order valence-corrected chi connectivity index (χ4v) is 2.20. The molecule has 0 aliphatic rings. The second-order valence-corrected chi connectivity index (χ2v) is 5.60. The van der Waals surface area contributed by atoms with Gasteiger partial charge in [-0.25, -0.2) is 4.79 Å². The summed E-state index contributed by atoms with van der Waals surface area (Å²) in [5, 5.41) is 10.8. The summed E-state index contributed by atoms with van der Waals surface area (Å²) < 4.78 is 4.89. The third-order valence-electron chi connectivity index (χ3n) is 3.43. The van der Waals surface area contributed by atoms with Crippen LogP contribution < -0.4 is 4.90 Å². The van der Waals surface area contributed by atoms with Crippen LogP contribution in [0.2, 0.25) is 5.02 Å². The number of ether oxygens (including phenoxy) is 1. The van der Waals surface area contributed by atoms with E-state index in [0.29, 0.717) is 11.3 Å². The first-order chi connectivity index (χ1) is 12.4. The van der Waals surface area contributed by atoms with E-state index >= 15 is 0 Å². The van der Waals surface area contributed by atoms with Crippen molar-refractivity contribution in [2.75, 3.05) is 18.6 Å². The molecule has 134 valence electrons. The normalized spacial score (nSPS) is 10.5. The van der Waals surface area contributed by atoms with Gasteiger partial charge in [0, 0.05) is 24.9 Å². The van der Waals surface area contributed by atoms with Gasteiger partial charge in [0.25, 0.3) is 11.6 Å². The zero-order valence-corrected chi connectivity index (χ0v) is 14.6. The van der Waals surface area contributed by atoms with E-state index in [-0.39, 0.29) is 16.6 Å². The SMILES string of the molecule is CN(C(=O)COC(=O)/C=C/c1ccc(Cl)c([N+](=O)[O-])c1)c1ccccc1. The molecule has 7 nitrogen and oxygen atoms in total. The highest BCUT2D eigenvalue weighted by Gasteiger charge is 2.13. The number of para-hydroxylation sites is 1. The third kappa shape index (κ3) is 5.15. The van der Waals surface area contributed by atoms with Crippen molar-refractivity contribution in [2.24, 2.45) is 0 Å². The average molecular weight is 375 g/mol. The summed E-state index contributed by atoms with van der Waals surface area (Å²) in [7, 11) is 1.58. The number of amides is 1. The smallest absolute Gasteiger partial charge is 0.331 e. The zero-order chi connectivity index (χ0) is 19.1. The second kappa shape index (κ2) is 8.77. The molecular formula is C18H15ClN2O5. The molecule has 8 heteroatoms. The van der Waals surface area contributed by atoms with Crippen molar-refractivity contribution in [2.45, 2.75) is 0 Å². The molecule has 0 bridgehead atoms. The van der Waals surface area contributed by atoms with Crippen LogP contribution in [0, 0.1) is 10.1 Å². The van der Waals surface area contributed by atoms with E-state index in [0.717, 1.165) is 6.08 Å². The molecule has 0 unspecified atom stereocenters. The lowest BCUT2D eigenvalue weighted by molar-refractivity contribution is -0.384. The van der Waals surface area contributed by atoms with Crippen LogP contribution in [-0.2, 0) is 14.3 Å². The fourth-order valence-electron chi connectivity index (χ4n) is 2.01. The Morgan fingerprint density at radius 1 is 1.23 bits per heavy atom. The van der Waals surface area contributed by atoms with Gasteiger partial charge >= 0.3 is 5.97 Å². The van der Waals surface area contributed by atoms with Crippen LogP contribution in [0.4, 0.5) is 11.4 Å². The van der Waals surface area contributed by atoms with Crippen LogP contribution in [0.15, 0.2) is 54.6 Å². The van der Waals surface area contributed by atoms with Crippen LogP contribution in [0.5, 0.6) is 0 Å². The van der Waals surface area contributed by atoms with Crippen molar-refractivity contribution in [1.82, 2.24) is 0 Å². The maximum atomic E-state index is 12.0. The first-order valence-electron chi connectivity index (χ1n) is 7.49. The Bertz CT molecular complexity index is 852. The standard InChI is InChI=1S/C18H15ClN2O5/c1-20(14-5-3-2-4-6-14)17(22)12-26-18(23)10-8-13-7-9-15(19)16(11-13)21(24)25/h2-11H,12H2,1H3/b10-8+. The maximum Gasteiger partial charge on any atom is 0.331 e. The molecule has 0 fully saturated rings. The summed E-state index contributed by atoms with van der Waals surface area (Å²) >= 11 is 5.72. The molecule has 0 radical (unpaired) electrons. The number of rotatable bonds is 6. The van der Waals surface area contributed by atoms with E-state index < -0.39 is 17.5 Å². The number of anilines is 1. The van der Waals surface area contributed by atoms with E-state index in [1.54, 1.807) is 31.3 Å². The highest BCUT2D eigenvalue weighted by Crippen LogP contribution is 2.25. The van der Waals surface area contributed by atoms with Crippen molar-refractivity contribution >= 4 is 40.9 Å². The molecule has 0 spiro atoms. The molecule has 26 heavy (non-hydrogen) atoms. The summed E-state index contributed by atoms with van der Waals surface area (Å²) in [6, 6.07) is 13.0. The van der Waals surface area contributed by atoms with Crippen LogP contribution >= 0.6 is 11.6 Å². The number of benzene rings is 2. The van der Waals surface area contributed by atoms with E-state index in [2.05, 4.69) is 0 Å². The predicted molar refractivity (Wildman–Crippen MR) is 98.0 cm³/mol. The Labute approximate surface area is 154 Å². The molecule has 0 heterocycles. The van der Waals surface area contributed by atoms with Crippen LogP contribution in [0.1, 0.15) is 5.56 Å². The van der Waals surface area contributed by atoms with Crippen molar-refractivity contribution in [3.63, 3.8) is 0 Å². The molecule has 1 amide bonds. The Morgan fingerprint density at radius 2 is 1.92 bits per heavy atom. The molecule has 2 aromatic rings. The molecule has 0 aliphatic carbocycles. The number of esters is 1. The highest BCUT2D eigenvalue weighted by atomic mass is 35.5. The minimum absolute atomic E-state index is 0.00396. The number of halogens is 1. The van der Waals surface area contributed by atoms with E-state index in [1.807, 2.05) is 6.07 Å². The Kier molecular flexibility index (Phi) is 6.46. The Balaban J connectivity index is 1.92. The van der Waals surface area contributed by atoms with Gasteiger partial charge in [-0.05, 0) is 29.8 Å². The van der Waals surface area contributed by atoms with Crippen LogP contribution in [0.3, 0.4) is 0 Å². The van der Waals surface area contributed by atoms with E-state index in [4.69, 9.17) is 16.3 Å². The molecule has 0 saturated carbocycles. The van der Waals surface area contributed by atoms with Crippen molar-refractivity contribution in [3.05, 3.63) is 75.3 Å². The van der Waals surface area contributed by atoms with Gasteiger partial charge in [0.15, 0.2) is 6.61 Å². The highest BCUT2D eigenvalue weighted by molar-refractivity contribution is 6.32. The van der Waals surface area contributed by atoms with Gasteiger partial charge in [-0.2, -0.15) is 0 Å². The number of nitro benzene ring substituents is 1. The molecule has 2 rings (SSSR count). The lowest BCUT2D eigenvalue weighted by Crippen LogP contribution is -2.30. The van der Waals surface area contributed by atoms with Crippen molar-refractivity contribution in [3.8, 4) is 0 Å².